The number of ether oxygens (including phenoxy) is 2. The molecule has 3 heterocycles. The maximum Gasteiger partial charge on any atom is 0.157 e. The van der Waals surface area contributed by atoms with E-state index < -0.39 is 12.4 Å². The van der Waals surface area contributed by atoms with E-state index in [9.17, 15) is 15.5 Å². The lowest BCUT2D eigenvalue weighted by molar-refractivity contribution is -0.186. The van der Waals surface area contributed by atoms with Crippen molar-refractivity contribution in [2.75, 3.05) is 51.3 Å². The van der Waals surface area contributed by atoms with Crippen molar-refractivity contribution < 1.29 is 19.7 Å². The summed E-state index contributed by atoms with van der Waals surface area (Å²) in [6.45, 7) is 5.97. The fourth-order valence-electron chi connectivity index (χ4n) is 5.19. The Morgan fingerprint density at radius 3 is 2.70 bits per heavy atom. The number of nitrogens with zero attached hydrogens (tertiary/aromatic N) is 3. The van der Waals surface area contributed by atoms with Crippen molar-refractivity contribution in [3.05, 3.63) is 59.1 Å². The largest absolute Gasteiger partial charge is 0.393 e. The number of benzene rings is 2. The van der Waals surface area contributed by atoms with Crippen LogP contribution in [0.15, 0.2) is 53.4 Å². The average molecular weight is 564 g/mol. The van der Waals surface area contributed by atoms with Crippen LogP contribution >= 0.6 is 11.9 Å². The second-order valence-electron chi connectivity index (χ2n) is 10.3. The van der Waals surface area contributed by atoms with Crippen LogP contribution < -0.4 is 10.0 Å². The summed E-state index contributed by atoms with van der Waals surface area (Å²) >= 11 is 1.22. The van der Waals surface area contributed by atoms with Crippen LogP contribution in [0.3, 0.4) is 0 Å². The minimum Gasteiger partial charge on any atom is -0.393 e. The summed E-state index contributed by atoms with van der Waals surface area (Å²) in [5.41, 5.74) is 4.21. The molecule has 0 radical (unpaired) electrons. The molecule has 212 valence electrons. The number of nitriles is 1. The highest BCUT2D eigenvalue weighted by molar-refractivity contribution is 8.01. The number of rotatable bonds is 10. The Kier molecular flexibility index (Phi) is 9.78. The van der Waals surface area contributed by atoms with Crippen molar-refractivity contribution in [3.63, 3.8) is 0 Å². The van der Waals surface area contributed by atoms with Gasteiger partial charge in [-0.25, -0.2) is 0 Å². The van der Waals surface area contributed by atoms with Gasteiger partial charge in [-0.2, -0.15) is 5.26 Å². The van der Waals surface area contributed by atoms with Crippen LogP contribution in [0.2, 0.25) is 0 Å². The zero-order valence-corrected chi connectivity index (χ0v) is 23.6. The molecule has 2 saturated heterocycles. The molecule has 5 rings (SSSR count). The molecule has 10 heteroatoms. The zero-order valence-electron chi connectivity index (χ0n) is 22.8. The van der Waals surface area contributed by atoms with Gasteiger partial charge in [-0.3, -0.25) is 9.62 Å². The van der Waals surface area contributed by atoms with Crippen LogP contribution in [-0.2, 0) is 16.5 Å². The van der Waals surface area contributed by atoms with Crippen LogP contribution in [0.5, 0.6) is 0 Å². The summed E-state index contributed by atoms with van der Waals surface area (Å²) in [5, 5.41) is 35.1. The molecule has 2 fully saturated rings. The van der Waals surface area contributed by atoms with Gasteiger partial charge in [0.2, 0.25) is 0 Å². The smallest absolute Gasteiger partial charge is 0.157 e. The summed E-state index contributed by atoms with van der Waals surface area (Å²) in [7, 11) is 2.00. The molecule has 3 atom stereocenters. The van der Waals surface area contributed by atoms with Crippen LogP contribution in [-0.4, -0.2) is 84.1 Å². The van der Waals surface area contributed by atoms with E-state index in [0.717, 1.165) is 62.0 Å². The van der Waals surface area contributed by atoms with E-state index in [2.05, 4.69) is 68.0 Å². The first-order valence-corrected chi connectivity index (χ1v) is 14.6. The van der Waals surface area contributed by atoms with Gasteiger partial charge >= 0.3 is 0 Å². The van der Waals surface area contributed by atoms with Crippen molar-refractivity contribution in [2.45, 2.75) is 31.3 Å². The maximum atomic E-state index is 9.82. The Bertz CT molecular complexity index is 1350. The number of aliphatic hydroxyl groups is 2. The van der Waals surface area contributed by atoms with E-state index in [-0.39, 0.29) is 12.5 Å². The number of nitrogens with one attached hydrogen (secondary N) is 2. The molecular weight excluding hydrogens is 526 g/mol. The molecule has 40 heavy (non-hydrogen) atoms. The summed E-state index contributed by atoms with van der Waals surface area (Å²) in [6.07, 6.45) is 0.704. The average Bonchev–Trinajstić information content (AvgIpc) is 3.31. The lowest BCUT2D eigenvalue weighted by atomic mass is 10.0. The van der Waals surface area contributed by atoms with Gasteiger partial charge in [-0.1, -0.05) is 18.2 Å². The Hall–Kier alpha value is -2.88. The van der Waals surface area contributed by atoms with E-state index in [1.807, 2.05) is 19.2 Å². The number of hydrogen-bond donors (Lipinski definition) is 4. The molecule has 3 aromatic rings. The summed E-state index contributed by atoms with van der Waals surface area (Å²) in [4.78, 5) is 2.93. The predicted octanol–water partition coefficient (Wildman–Crippen LogP) is 3.55. The van der Waals surface area contributed by atoms with E-state index in [4.69, 9.17) is 9.47 Å². The first-order valence-electron chi connectivity index (χ1n) is 13.8. The van der Waals surface area contributed by atoms with Crippen LogP contribution in [0.25, 0.3) is 28.1 Å². The predicted molar refractivity (Wildman–Crippen MR) is 159 cm³/mol. The number of fused-ring (bicyclic) bond motifs is 1. The molecule has 0 aliphatic carbocycles. The van der Waals surface area contributed by atoms with E-state index in [1.165, 1.54) is 22.7 Å². The number of morpholine rings is 1. The van der Waals surface area contributed by atoms with Crippen LogP contribution in [0.1, 0.15) is 18.5 Å². The summed E-state index contributed by atoms with van der Waals surface area (Å²) in [5.74, 6) is 0. The third-order valence-electron chi connectivity index (χ3n) is 7.40. The molecule has 0 bridgehead atoms. The monoisotopic (exact) mass is 563 g/mol. The Balaban J connectivity index is 1.20. The molecular formula is C30H37N5O4S. The summed E-state index contributed by atoms with van der Waals surface area (Å²) in [6, 6.07) is 19.3. The van der Waals surface area contributed by atoms with E-state index >= 15 is 0 Å². The number of aliphatic hydroxyl groups excluding tert-OH is 2. The quantitative estimate of drug-likeness (QED) is 0.217. The molecule has 0 saturated carbocycles. The Labute approximate surface area is 239 Å². The zero-order chi connectivity index (χ0) is 27.9. The van der Waals surface area contributed by atoms with Crippen molar-refractivity contribution in [1.82, 2.24) is 14.2 Å². The SMILES string of the molecule is Cn1c(/C=C(\C#N)SNCC2CC(O)CC(O)O2)ccc1-c1ccc2cc(NCCN3CCOCC3)ccc2c1. The van der Waals surface area contributed by atoms with Gasteiger partial charge in [-0.05, 0) is 64.7 Å². The lowest BCUT2D eigenvalue weighted by Gasteiger charge is -2.30. The van der Waals surface area contributed by atoms with Crippen LogP contribution in [0, 0.1) is 11.3 Å². The first kappa shape index (κ1) is 28.6. The third-order valence-corrected chi connectivity index (χ3v) is 8.14. The number of allylic oxidation sites excluding steroid dienone is 1. The van der Waals surface area contributed by atoms with Crippen molar-refractivity contribution in [1.29, 1.82) is 5.26 Å². The van der Waals surface area contributed by atoms with E-state index in [1.54, 1.807) is 0 Å². The topological polar surface area (TPSA) is 115 Å². The molecule has 2 aliphatic heterocycles. The van der Waals surface area contributed by atoms with Gasteiger partial charge in [0, 0.05) is 69.7 Å². The van der Waals surface area contributed by atoms with Crippen molar-refractivity contribution >= 4 is 34.5 Å². The summed E-state index contributed by atoms with van der Waals surface area (Å²) < 4.78 is 16.1. The third kappa shape index (κ3) is 7.44. The van der Waals surface area contributed by atoms with Gasteiger partial charge < -0.3 is 29.6 Å². The molecule has 9 nitrogen and oxygen atoms in total. The van der Waals surface area contributed by atoms with Crippen molar-refractivity contribution in [2.24, 2.45) is 7.05 Å². The van der Waals surface area contributed by atoms with Gasteiger partial charge in [0.25, 0.3) is 0 Å². The van der Waals surface area contributed by atoms with Crippen molar-refractivity contribution in [3.8, 4) is 17.3 Å². The second-order valence-corrected chi connectivity index (χ2v) is 11.2. The molecule has 4 N–H and O–H groups in total. The number of hydrogen-bond acceptors (Lipinski definition) is 9. The molecule has 3 unspecified atom stereocenters. The minimum atomic E-state index is -0.951. The molecule has 0 spiro atoms. The normalized spacial score (nSPS) is 22.4. The van der Waals surface area contributed by atoms with Gasteiger partial charge in [0.05, 0.1) is 25.4 Å². The minimum absolute atomic E-state index is 0.230. The molecule has 2 aliphatic rings. The van der Waals surface area contributed by atoms with Gasteiger partial charge in [0.1, 0.15) is 11.0 Å². The molecule has 1 aromatic heterocycles. The highest BCUT2D eigenvalue weighted by atomic mass is 32.2. The standard InChI is InChI=1S/C30H37N5O4S/c1-34-25(16-28(19-31)40-33-20-27-17-26(36)18-30(37)39-27)6-7-29(34)23-3-2-22-15-24(5-4-21(22)14-23)32-8-9-35-10-12-38-13-11-35/h2-7,14-16,26-27,30,32-33,36-37H,8-13,17-18,20H2,1H3/b28-16+. The highest BCUT2D eigenvalue weighted by Crippen LogP contribution is 2.29. The molecule has 0 amide bonds. The van der Waals surface area contributed by atoms with E-state index in [0.29, 0.717) is 17.9 Å². The fourth-order valence-corrected chi connectivity index (χ4v) is 5.84. The first-order chi connectivity index (χ1) is 19.5. The lowest BCUT2D eigenvalue weighted by Crippen LogP contribution is -2.39. The molecule has 2 aromatic carbocycles. The Morgan fingerprint density at radius 1 is 1.10 bits per heavy atom. The highest BCUT2D eigenvalue weighted by Gasteiger charge is 2.26. The van der Waals surface area contributed by atoms with Crippen LogP contribution in [0.4, 0.5) is 5.69 Å². The number of aromatic nitrogens is 1. The fraction of sp³-hybridized carbons (Fsp3) is 0.433. The van der Waals surface area contributed by atoms with Gasteiger partial charge in [-0.15, -0.1) is 0 Å². The van der Waals surface area contributed by atoms with Gasteiger partial charge in [0.15, 0.2) is 6.29 Å². The Morgan fingerprint density at radius 2 is 1.90 bits per heavy atom. The maximum absolute atomic E-state index is 9.82. The second kappa shape index (κ2) is 13.7. The number of anilines is 1.